The van der Waals surface area contributed by atoms with Gasteiger partial charge in [-0.15, -0.1) is 11.3 Å². The van der Waals surface area contributed by atoms with Gasteiger partial charge in [0.15, 0.2) is 5.84 Å². The van der Waals surface area contributed by atoms with E-state index < -0.39 is 5.41 Å². The van der Waals surface area contributed by atoms with E-state index in [4.69, 9.17) is 16.1 Å². The van der Waals surface area contributed by atoms with Gasteiger partial charge in [-0.1, -0.05) is 0 Å². The maximum absolute atomic E-state index is 13.8. The number of carbonyl (C=O) groups is 1. The second kappa shape index (κ2) is 10.4. The second-order valence-corrected chi connectivity index (χ2v) is 12.5. The molecule has 2 aliphatic heterocycles. The van der Waals surface area contributed by atoms with Crippen molar-refractivity contribution >= 4 is 39.6 Å². The standard InChI is InChI=1S/C28H37N9OS/c1-28(6-2-3-22-24(28)20(17-29)26(31)39-22)27(38)34-25(30)21-15-19(35-9-7-32-8-10-35)16-23(33-21)37-13-11-36(12-14-37)18-4-5-18/h15-16,18,32H,2-14,31H2,1H3,(H2,30,34,38). The van der Waals surface area contributed by atoms with Crippen LogP contribution >= 0.6 is 11.3 Å². The number of nitrogens with one attached hydrogen (secondary N) is 3. The lowest BCUT2D eigenvalue weighted by Crippen LogP contribution is -2.48. The summed E-state index contributed by atoms with van der Waals surface area (Å²) in [5.41, 5.74) is 7.86. The summed E-state index contributed by atoms with van der Waals surface area (Å²) >= 11 is 1.41. The average Bonchev–Trinajstić information content (AvgIpc) is 3.75. The van der Waals surface area contributed by atoms with Crippen LogP contribution in [0.15, 0.2) is 12.1 Å². The topological polar surface area (TPSA) is 137 Å². The minimum absolute atomic E-state index is 0.00934. The molecular weight excluding hydrogens is 510 g/mol. The number of anilines is 3. The van der Waals surface area contributed by atoms with E-state index in [0.29, 0.717) is 22.7 Å². The van der Waals surface area contributed by atoms with Gasteiger partial charge in [0.2, 0.25) is 5.91 Å². The van der Waals surface area contributed by atoms with Crippen LogP contribution in [0.3, 0.4) is 0 Å². The lowest BCUT2D eigenvalue weighted by Gasteiger charge is -2.37. The number of piperazine rings is 2. The molecule has 0 bridgehead atoms. The van der Waals surface area contributed by atoms with Crippen LogP contribution < -0.4 is 26.2 Å². The van der Waals surface area contributed by atoms with Gasteiger partial charge in [0.25, 0.3) is 0 Å². The number of nitrogen functional groups attached to an aromatic ring is 1. The van der Waals surface area contributed by atoms with Gasteiger partial charge in [0.05, 0.1) is 11.0 Å². The number of amides is 1. The predicted molar refractivity (Wildman–Crippen MR) is 155 cm³/mol. The van der Waals surface area contributed by atoms with Crippen molar-refractivity contribution in [1.82, 2.24) is 20.5 Å². The number of nitrogens with zero attached hydrogens (tertiary/aromatic N) is 5. The highest BCUT2D eigenvalue weighted by atomic mass is 32.1. The molecule has 206 valence electrons. The molecule has 2 aliphatic carbocycles. The third-order valence-corrected chi connectivity index (χ3v) is 9.81. The van der Waals surface area contributed by atoms with Gasteiger partial charge >= 0.3 is 0 Å². The van der Waals surface area contributed by atoms with Crippen molar-refractivity contribution in [3.8, 4) is 6.07 Å². The lowest BCUT2D eigenvalue weighted by atomic mass is 9.72. The minimum Gasteiger partial charge on any atom is -0.389 e. The zero-order valence-electron chi connectivity index (χ0n) is 22.6. The van der Waals surface area contributed by atoms with Crippen LogP contribution in [0.1, 0.15) is 54.3 Å². The number of thiophene rings is 1. The monoisotopic (exact) mass is 547 g/mol. The first-order chi connectivity index (χ1) is 18.9. The Morgan fingerprint density at radius 2 is 1.95 bits per heavy atom. The van der Waals surface area contributed by atoms with Crippen molar-refractivity contribution < 1.29 is 4.79 Å². The van der Waals surface area contributed by atoms with Crippen molar-refractivity contribution in [2.45, 2.75) is 50.5 Å². The molecule has 0 spiro atoms. The van der Waals surface area contributed by atoms with E-state index >= 15 is 0 Å². The Bertz CT molecular complexity index is 1320. The highest BCUT2D eigenvalue weighted by Gasteiger charge is 2.43. The molecule has 5 N–H and O–H groups in total. The van der Waals surface area contributed by atoms with E-state index in [1.165, 1.54) is 24.2 Å². The van der Waals surface area contributed by atoms with Crippen molar-refractivity contribution in [2.75, 3.05) is 67.9 Å². The Labute approximate surface area is 233 Å². The lowest BCUT2D eigenvalue weighted by molar-refractivity contribution is -0.125. The number of pyridine rings is 1. The molecule has 1 atom stereocenters. The summed E-state index contributed by atoms with van der Waals surface area (Å²) in [4.78, 5) is 26.9. The molecule has 11 heteroatoms. The summed E-state index contributed by atoms with van der Waals surface area (Å²) in [5.74, 6) is 0.570. The fourth-order valence-corrected chi connectivity index (χ4v) is 7.48. The van der Waals surface area contributed by atoms with Gasteiger partial charge in [-0.3, -0.25) is 15.1 Å². The summed E-state index contributed by atoms with van der Waals surface area (Å²) in [7, 11) is 0. The molecule has 2 aromatic heterocycles. The van der Waals surface area contributed by atoms with Gasteiger partial charge in [-0.05, 0) is 45.1 Å². The molecule has 1 unspecified atom stereocenters. The molecule has 2 saturated heterocycles. The Hall–Kier alpha value is -3.20. The second-order valence-electron chi connectivity index (χ2n) is 11.3. The summed E-state index contributed by atoms with van der Waals surface area (Å²) in [6, 6.07) is 7.04. The third-order valence-electron chi connectivity index (χ3n) is 8.73. The molecule has 10 nitrogen and oxygen atoms in total. The molecule has 6 rings (SSSR count). The van der Waals surface area contributed by atoms with E-state index in [1.807, 2.05) is 13.0 Å². The SMILES string of the molecule is CC1(C(=O)NC(=N)c2cc(N3CCNCC3)cc(N3CCN(C4CC4)CC3)n2)CCCc2sc(N)c(C#N)c21. The zero-order chi connectivity index (χ0) is 27.1. The van der Waals surface area contributed by atoms with Crippen molar-refractivity contribution in [3.05, 3.63) is 33.8 Å². The molecule has 0 aromatic carbocycles. The number of aryl methyl sites for hydroxylation is 1. The predicted octanol–water partition coefficient (Wildman–Crippen LogP) is 2.03. The molecule has 4 heterocycles. The number of nitriles is 1. The molecule has 1 amide bonds. The van der Waals surface area contributed by atoms with Crippen LogP contribution in [-0.4, -0.2) is 80.0 Å². The van der Waals surface area contributed by atoms with E-state index in [1.54, 1.807) is 0 Å². The highest BCUT2D eigenvalue weighted by molar-refractivity contribution is 7.16. The van der Waals surface area contributed by atoms with Crippen molar-refractivity contribution in [3.63, 3.8) is 0 Å². The summed E-state index contributed by atoms with van der Waals surface area (Å²) in [6.07, 6.45) is 4.88. The molecule has 39 heavy (non-hydrogen) atoms. The van der Waals surface area contributed by atoms with E-state index in [0.717, 1.165) is 93.2 Å². The number of carbonyl (C=O) groups excluding carboxylic acids is 1. The van der Waals surface area contributed by atoms with Crippen LogP contribution in [0, 0.1) is 16.7 Å². The van der Waals surface area contributed by atoms with E-state index in [9.17, 15) is 10.1 Å². The molecule has 0 radical (unpaired) electrons. The fourth-order valence-electron chi connectivity index (χ4n) is 6.29. The van der Waals surface area contributed by atoms with Crippen LogP contribution in [0.4, 0.5) is 16.5 Å². The highest BCUT2D eigenvalue weighted by Crippen LogP contribution is 2.45. The van der Waals surface area contributed by atoms with Gasteiger partial charge < -0.3 is 26.2 Å². The molecule has 2 aromatic rings. The van der Waals surface area contributed by atoms with E-state index in [-0.39, 0.29) is 11.7 Å². The number of nitrogens with two attached hydrogens (primary N) is 1. The molecule has 3 fully saturated rings. The first-order valence-electron chi connectivity index (χ1n) is 14.1. The molecule has 4 aliphatic rings. The van der Waals surface area contributed by atoms with Gasteiger partial charge in [0, 0.05) is 80.6 Å². The number of amidine groups is 1. The Morgan fingerprint density at radius 3 is 2.64 bits per heavy atom. The van der Waals surface area contributed by atoms with Crippen LogP contribution in [0.5, 0.6) is 0 Å². The first kappa shape index (κ1) is 26.0. The average molecular weight is 548 g/mol. The number of rotatable bonds is 5. The summed E-state index contributed by atoms with van der Waals surface area (Å²) in [5, 5.41) is 25.5. The number of aromatic nitrogens is 1. The van der Waals surface area contributed by atoms with E-state index in [2.05, 4.69) is 37.5 Å². The maximum Gasteiger partial charge on any atom is 0.236 e. The van der Waals surface area contributed by atoms with Gasteiger partial charge in [-0.2, -0.15) is 5.26 Å². The van der Waals surface area contributed by atoms with Crippen LogP contribution in [-0.2, 0) is 16.6 Å². The smallest absolute Gasteiger partial charge is 0.236 e. The van der Waals surface area contributed by atoms with Crippen molar-refractivity contribution in [1.29, 1.82) is 10.7 Å². The number of hydrogen-bond donors (Lipinski definition) is 4. The summed E-state index contributed by atoms with van der Waals surface area (Å²) in [6.45, 7) is 9.33. The summed E-state index contributed by atoms with van der Waals surface area (Å²) < 4.78 is 0. The number of hydrogen-bond acceptors (Lipinski definition) is 10. The van der Waals surface area contributed by atoms with Gasteiger partial charge in [0.1, 0.15) is 22.6 Å². The van der Waals surface area contributed by atoms with Crippen LogP contribution in [0.2, 0.25) is 0 Å². The Morgan fingerprint density at radius 1 is 1.21 bits per heavy atom. The quantitative estimate of drug-likeness (QED) is 0.330. The fraction of sp³-hybridized carbons (Fsp3) is 0.571. The third kappa shape index (κ3) is 4.97. The Kier molecular flexibility index (Phi) is 6.95. The number of fused-ring (bicyclic) bond motifs is 1. The first-order valence-corrected chi connectivity index (χ1v) is 14.9. The van der Waals surface area contributed by atoms with Crippen LogP contribution in [0.25, 0.3) is 0 Å². The normalized spacial score (nSPS) is 23.7. The Balaban J connectivity index is 1.26. The van der Waals surface area contributed by atoms with Gasteiger partial charge in [-0.25, -0.2) is 4.98 Å². The minimum atomic E-state index is -0.919. The maximum atomic E-state index is 13.8. The van der Waals surface area contributed by atoms with Crippen molar-refractivity contribution in [2.24, 2.45) is 0 Å². The molecular formula is C28H37N9OS. The zero-order valence-corrected chi connectivity index (χ0v) is 23.4. The largest absolute Gasteiger partial charge is 0.389 e. The molecule has 1 saturated carbocycles.